The number of rotatable bonds is 4. The molecule has 0 aromatic carbocycles. The summed E-state index contributed by atoms with van der Waals surface area (Å²) in [5, 5.41) is 4.08. The average Bonchev–Trinajstić information content (AvgIpc) is 2.84. The molecule has 0 saturated carbocycles. The van der Waals surface area contributed by atoms with E-state index in [-0.39, 0.29) is 0 Å². The summed E-state index contributed by atoms with van der Waals surface area (Å²) >= 11 is 1.54. The number of thiazole rings is 1. The van der Waals surface area contributed by atoms with E-state index in [0.717, 1.165) is 13.2 Å². The van der Waals surface area contributed by atoms with Gasteiger partial charge in [0.2, 0.25) is 0 Å². The van der Waals surface area contributed by atoms with Crippen molar-refractivity contribution in [3.05, 3.63) is 11.1 Å². The monoisotopic (exact) mass is 227 g/mol. The minimum atomic E-state index is 0.371. The highest BCUT2D eigenvalue weighted by molar-refractivity contribution is 7.15. The van der Waals surface area contributed by atoms with Gasteiger partial charge < -0.3 is 15.8 Å². The van der Waals surface area contributed by atoms with Crippen LogP contribution in [0.3, 0.4) is 0 Å². The van der Waals surface area contributed by atoms with Crippen molar-refractivity contribution >= 4 is 16.5 Å². The average molecular weight is 227 g/mol. The van der Waals surface area contributed by atoms with E-state index in [0.29, 0.717) is 17.3 Å². The van der Waals surface area contributed by atoms with Crippen LogP contribution < -0.4 is 11.1 Å². The van der Waals surface area contributed by atoms with E-state index in [1.807, 2.05) is 6.20 Å². The quantitative estimate of drug-likeness (QED) is 0.816. The molecule has 1 saturated heterocycles. The fourth-order valence-electron chi connectivity index (χ4n) is 1.79. The SMILES string of the molecule is CC(NCc1cnc(N)s1)C1CCCO1. The molecule has 0 amide bonds. The van der Waals surface area contributed by atoms with Crippen LogP contribution in [0.4, 0.5) is 5.13 Å². The maximum atomic E-state index is 5.61. The smallest absolute Gasteiger partial charge is 0.180 e. The lowest BCUT2D eigenvalue weighted by Gasteiger charge is -2.19. The minimum Gasteiger partial charge on any atom is -0.377 e. The lowest BCUT2D eigenvalue weighted by molar-refractivity contribution is 0.0833. The fourth-order valence-corrected chi connectivity index (χ4v) is 2.43. The molecule has 0 aliphatic carbocycles. The molecule has 1 aliphatic heterocycles. The van der Waals surface area contributed by atoms with Gasteiger partial charge >= 0.3 is 0 Å². The third-order valence-corrected chi connectivity index (χ3v) is 3.52. The standard InChI is InChI=1S/C10H17N3OS/c1-7(9-3-2-4-14-9)12-5-8-6-13-10(11)15-8/h6-7,9,12H,2-5H2,1H3,(H2,11,13). The molecule has 15 heavy (non-hydrogen) atoms. The molecular formula is C10H17N3OS. The second-order valence-corrected chi connectivity index (χ2v) is 5.03. The van der Waals surface area contributed by atoms with Gasteiger partial charge in [0.15, 0.2) is 5.13 Å². The summed E-state index contributed by atoms with van der Waals surface area (Å²) in [5.41, 5.74) is 5.56. The van der Waals surface area contributed by atoms with Crippen LogP contribution in [0.5, 0.6) is 0 Å². The second kappa shape index (κ2) is 4.92. The van der Waals surface area contributed by atoms with Crippen molar-refractivity contribution in [3.8, 4) is 0 Å². The Labute approximate surface area is 93.8 Å². The first-order valence-electron chi connectivity index (χ1n) is 5.31. The number of nitrogens with two attached hydrogens (primary N) is 1. The first-order valence-corrected chi connectivity index (χ1v) is 6.12. The van der Waals surface area contributed by atoms with Gasteiger partial charge in [-0.2, -0.15) is 0 Å². The van der Waals surface area contributed by atoms with Crippen molar-refractivity contribution in [1.29, 1.82) is 0 Å². The number of nitrogens with zero attached hydrogens (tertiary/aromatic N) is 1. The van der Waals surface area contributed by atoms with Gasteiger partial charge in [-0.15, -0.1) is 11.3 Å². The number of ether oxygens (including phenoxy) is 1. The fraction of sp³-hybridized carbons (Fsp3) is 0.700. The Balaban J connectivity index is 1.77. The summed E-state index contributed by atoms with van der Waals surface area (Å²) in [6, 6.07) is 0.399. The number of anilines is 1. The molecule has 0 spiro atoms. The molecule has 2 atom stereocenters. The van der Waals surface area contributed by atoms with Gasteiger partial charge in [0.1, 0.15) is 0 Å². The highest BCUT2D eigenvalue weighted by Gasteiger charge is 2.21. The molecule has 2 rings (SSSR count). The topological polar surface area (TPSA) is 60.2 Å². The summed E-state index contributed by atoms with van der Waals surface area (Å²) in [4.78, 5) is 5.20. The number of aromatic nitrogens is 1. The Morgan fingerprint density at radius 1 is 1.80 bits per heavy atom. The Morgan fingerprint density at radius 3 is 3.27 bits per heavy atom. The zero-order chi connectivity index (χ0) is 10.7. The molecule has 1 fully saturated rings. The van der Waals surface area contributed by atoms with Gasteiger partial charge in [-0.3, -0.25) is 0 Å². The van der Waals surface area contributed by atoms with E-state index < -0.39 is 0 Å². The summed E-state index contributed by atoms with van der Waals surface area (Å²) in [6.45, 7) is 3.90. The highest BCUT2D eigenvalue weighted by atomic mass is 32.1. The van der Waals surface area contributed by atoms with E-state index in [9.17, 15) is 0 Å². The zero-order valence-electron chi connectivity index (χ0n) is 8.90. The van der Waals surface area contributed by atoms with Gasteiger partial charge in [-0.1, -0.05) is 0 Å². The lowest BCUT2D eigenvalue weighted by Crippen LogP contribution is -2.36. The van der Waals surface area contributed by atoms with Gasteiger partial charge in [-0.05, 0) is 19.8 Å². The van der Waals surface area contributed by atoms with Crippen LogP contribution >= 0.6 is 11.3 Å². The van der Waals surface area contributed by atoms with Gasteiger partial charge in [0.25, 0.3) is 0 Å². The van der Waals surface area contributed by atoms with Crippen molar-refractivity contribution in [2.45, 2.75) is 38.5 Å². The highest BCUT2D eigenvalue weighted by Crippen LogP contribution is 2.17. The van der Waals surface area contributed by atoms with Gasteiger partial charge in [0.05, 0.1) is 6.10 Å². The summed E-state index contributed by atoms with van der Waals surface area (Å²) in [7, 11) is 0. The molecule has 3 N–H and O–H groups in total. The van der Waals surface area contributed by atoms with E-state index in [4.69, 9.17) is 10.5 Å². The Bertz CT molecular complexity index is 309. The maximum absolute atomic E-state index is 5.61. The molecule has 0 bridgehead atoms. The number of nitrogen functional groups attached to an aromatic ring is 1. The lowest BCUT2D eigenvalue weighted by atomic mass is 10.1. The van der Waals surface area contributed by atoms with Crippen LogP contribution in [0.2, 0.25) is 0 Å². The number of nitrogens with one attached hydrogen (secondary N) is 1. The van der Waals surface area contributed by atoms with Crippen LogP contribution in [0.15, 0.2) is 6.20 Å². The summed E-state index contributed by atoms with van der Waals surface area (Å²) in [5.74, 6) is 0. The number of hydrogen-bond donors (Lipinski definition) is 2. The molecule has 84 valence electrons. The van der Waals surface area contributed by atoms with E-state index in [1.54, 1.807) is 0 Å². The van der Waals surface area contributed by atoms with Crippen LogP contribution in [-0.2, 0) is 11.3 Å². The van der Waals surface area contributed by atoms with E-state index in [2.05, 4.69) is 17.2 Å². The van der Waals surface area contributed by atoms with Gasteiger partial charge in [0, 0.05) is 30.3 Å². The molecule has 5 heteroatoms. The first-order chi connectivity index (χ1) is 7.25. The van der Waals surface area contributed by atoms with Gasteiger partial charge in [-0.25, -0.2) is 4.98 Å². The molecule has 2 unspecified atom stereocenters. The van der Waals surface area contributed by atoms with E-state index >= 15 is 0 Å². The van der Waals surface area contributed by atoms with Crippen molar-refractivity contribution in [1.82, 2.24) is 10.3 Å². The summed E-state index contributed by atoms with van der Waals surface area (Å²) in [6.07, 6.45) is 4.55. The largest absolute Gasteiger partial charge is 0.377 e. The minimum absolute atomic E-state index is 0.371. The third-order valence-electron chi connectivity index (χ3n) is 2.69. The molecule has 1 aromatic heterocycles. The van der Waals surface area contributed by atoms with Crippen molar-refractivity contribution in [3.63, 3.8) is 0 Å². The Morgan fingerprint density at radius 2 is 2.67 bits per heavy atom. The van der Waals surface area contributed by atoms with Crippen LogP contribution in [0, 0.1) is 0 Å². The van der Waals surface area contributed by atoms with Crippen molar-refractivity contribution in [2.24, 2.45) is 0 Å². The maximum Gasteiger partial charge on any atom is 0.180 e. The van der Waals surface area contributed by atoms with Crippen LogP contribution in [0.25, 0.3) is 0 Å². The van der Waals surface area contributed by atoms with Crippen LogP contribution in [0.1, 0.15) is 24.6 Å². The molecule has 0 radical (unpaired) electrons. The molecule has 4 nitrogen and oxygen atoms in total. The molecule has 2 heterocycles. The Kier molecular flexibility index (Phi) is 3.56. The molecular weight excluding hydrogens is 210 g/mol. The third kappa shape index (κ3) is 2.90. The normalized spacial score (nSPS) is 23.1. The number of hydrogen-bond acceptors (Lipinski definition) is 5. The summed E-state index contributed by atoms with van der Waals surface area (Å²) < 4.78 is 5.61. The molecule has 1 aromatic rings. The van der Waals surface area contributed by atoms with Crippen molar-refractivity contribution in [2.75, 3.05) is 12.3 Å². The predicted octanol–water partition coefficient (Wildman–Crippen LogP) is 1.38. The second-order valence-electron chi connectivity index (χ2n) is 3.89. The van der Waals surface area contributed by atoms with E-state index in [1.165, 1.54) is 29.1 Å². The van der Waals surface area contributed by atoms with Crippen molar-refractivity contribution < 1.29 is 4.74 Å². The first kappa shape index (κ1) is 10.9. The zero-order valence-corrected chi connectivity index (χ0v) is 9.72. The Hall–Kier alpha value is -0.650. The van der Waals surface area contributed by atoms with Crippen LogP contribution in [-0.4, -0.2) is 23.7 Å². The molecule has 1 aliphatic rings. The predicted molar refractivity (Wildman–Crippen MR) is 61.8 cm³/mol.